The number of rotatable bonds is 3. The number of ether oxygens (including phenoxy) is 1. The molecule has 0 radical (unpaired) electrons. The lowest BCUT2D eigenvalue weighted by Gasteiger charge is -2.44. The highest BCUT2D eigenvalue weighted by molar-refractivity contribution is 5.83. The third-order valence-electron chi connectivity index (χ3n) is 5.47. The number of hydrogen-bond donors (Lipinski definition) is 0. The van der Waals surface area contributed by atoms with Crippen molar-refractivity contribution in [2.75, 3.05) is 6.61 Å². The zero-order chi connectivity index (χ0) is 17.4. The molecule has 0 N–H and O–H groups in total. The highest BCUT2D eigenvalue weighted by Gasteiger charge is 2.49. The highest BCUT2D eigenvalue weighted by Crippen LogP contribution is 2.49. The molecule has 4 rings (SSSR count). The van der Waals surface area contributed by atoms with Gasteiger partial charge in [-0.2, -0.15) is 0 Å². The molecule has 5 unspecified atom stereocenters. The van der Waals surface area contributed by atoms with Crippen LogP contribution in [0.4, 0.5) is 0 Å². The van der Waals surface area contributed by atoms with E-state index in [4.69, 9.17) is 4.74 Å². The predicted molar refractivity (Wildman–Crippen MR) is 96.0 cm³/mol. The fourth-order valence-corrected chi connectivity index (χ4v) is 4.07. The maximum atomic E-state index is 13.2. The molecular weight excluding hydrogens is 312 g/mol. The molecule has 2 aromatic rings. The molecule has 2 aliphatic rings. The Balaban J connectivity index is 1.51. The van der Waals surface area contributed by atoms with Crippen molar-refractivity contribution in [2.45, 2.75) is 44.4 Å². The molecule has 2 heterocycles. The number of aromatic nitrogens is 1. The number of carbonyl (C=O) groups excluding carboxylic acids is 1. The van der Waals surface area contributed by atoms with Crippen molar-refractivity contribution in [3.63, 3.8) is 0 Å². The second-order valence-corrected chi connectivity index (χ2v) is 7.23. The fraction of sp³-hybridized carbons (Fsp3) is 0.429. The molecule has 1 amide bonds. The summed E-state index contributed by atoms with van der Waals surface area (Å²) < 4.78 is 6.08. The summed E-state index contributed by atoms with van der Waals surface area (Å²) in [6.07, 6.45) is 4.53. The normalized spacial score (nSPS) is 31.6. The van der Waals surface area contributed by atoms with E-state index in [-0.39, 0.29) is 30.0 Å². The summed E-state index contributed by atoms with van der Waals surface area (Å²) in [6.45, 7) is 4.77. The Kier molecular flexibility index (Phi) is 4.30. The average molecular weight is 336 g/mol. The van der Waals surface area contributed by atoms with Gasteiger partial charge in [-0.05, 0) is 43.4 Å². The van der Waals surface area contributed by atoms with Gasteiger partial charge in [0.15, 0.2) is 0 Å². The van der Waals surface area contributed by atoms with Crippen molar-refractivity contribution in [3.05, 3.63) is 66.0 Å². The van der Waals surface area contributed by atoms with Gasteiger partial charge in [-0.15, -0.1) is 0 Å². The van der Waals surface area contributed by atoms with E-state index in [0.29, 0.717) is 12.5 Å². The molecule has 1 aromatic heterocycles. The van der Waals surface area contributed by atoms with Gasteiger partial charge in [0.2, 0.25) is 5.91 Å². The van der Waals surface area contributed by atoms with Crippen molar-refractivity contribution in [2.24, 2.45) is 5.92 Å². The molecule has 130 valence electrons. The zero-order valence-electron chi connectivity index (χ0n) is 14.7. The SMILES string of the molecule is CC1COC(c2ccccc2)C(C)N1C(=O)C1CC1c1cccnc1. The fourth-order valence-electron chi connectivity index (χ4n) is 4.07. The van der Waals surface area contributed by atoms with Crippen LogP contribution in [0.5, 0.6) is 0 Å². The minimum absolute atomic E-state index is 0.0359. The number of benzene rings is 1. The van der Waals surface area contributed by atoms with Gasteiger partial charge in [-0.25, -0.2) is 0 Å². The number of hydrogen-bond acceptors (Lipinski definition) is 3. The molecule has 1 aromatic carbocycles. The Morgan fingerprint density at radius 3 is 2.60 bits per heavy atom. The second-order valence-electron chi connectivity index (χ2n) is 7.23. The van der Waals surface area contributed by atoms with Gasteiger partial charge in [0.05, 0.1) is 18.7 Å². The van der Waals surface area contributed by atoms with Crippen molar-refractivity contribution in [3.8, 4) is 0 Å². The lowest BCUT2D eigenvalue weighted by atomic mass is 9.97. The summed E-state index contributed by atoms with van der Waals surface area (Å²) in [7, 11) is 0. The van der Waals surface area contributed by atoms with E-state index in [0.717, 1.165) is 12.0 Å². The number of nitrogens with zero attached hydrogens (tertiary/aromatic N) is 2. The van der Waals surface area contributed by atoms with Gasteiger partial charge in [-0.1, -0.05) is 36.4 Å². The van der Waals surface area contributed by atoms with E-state index in [1.54, 1.807) is 6.20 Å². The summed E-state index contributed by atoms with van der Waals surface area (Å²) in [5, 5.41) is 0. The van der Waals surface area contributed by atoms with E-state index >= 15 is 0 Å². The molecular formula is C21H24N2O2. The first-order valence-electron chi connectivity index (χ1n) is 9.05. The molecule has 5 atom stereocenters. The van der Waals surface area contributed by atoms with Crippen LogP contribution in [0.1, 0.15) is 43.4 Å². The summed E-state index contributed by atoms with van der Waals surface area (Å²) in [4.78, 5) is 19.4. The average Bonchev–Trinajstić information content (AvgIpc) is 3.44. The Morgan fingerprint density at radius 2 is 1.88 bits per heavy atom. The molecule has 4 heteroatoms. The minimum Gasteiger partial charge on any atom is -0.369 e. The van der Waals surface area contributed by atoms with Crippen LogP contribution >= 0.6 is 0 Å². The smallest absolute Gasteiger partial charge is 0.226 e. The molecule has 1 saturated carbocycles. The molecule has 0 bridgehead atoms. The van der Waals surface area contributed by atoms with E-state index in [1.165, 1.54) is 5.56 Å². The van der Waals surface area contributed by atoms with Gasteiger partial charge >= 0.3 is 0 Å². The maximum Gasteiger partial charge on any atom is 0.226 e. The van der Waals surface area contributed by atoms with E-state index in [2.05, 4.69) is 41.9 Å². The van der Waals surface area contributed by atoms with Crippen LogP contribution in [0.3, 0.4) is 0 Å². The van der Waals surface area contributed by atoms with E-state index in [9.17, 15) is 4.79 Å². The molecule has 4 nitrogen and oxygen atoms in total. The van der Waals surface area contributed by atoms with Crippen LogP contribution in [0, 0.1) is 5.92 Å². The van der Waals surface area contributed by atoms with Crippen LogP contribution in [0.15, 0.2) is 54.9 Å². The van der Waals surface area contributed by atoms with Crippen LogP contribution in [0.25, 0.3) is 0 Å². The topological polar surface area (TPSA) is 42.4 Å². The standard InChI is InChI=1S/C21H24N2O2/c1-14-13-25-20(16-7-4-3-5-8-16)15(2)23(14)21(24)19-11-18(19)17-9-6-10-22-12-17/h3-10,12,14-15,18-20H,11,13H2,1-2H3. The van der Waals surface area contributed by atoms with Crippen LogP contribution in [-0.4, -0.2) is 34.5 Å². The minimum atomic E-state index is -0.0584. The van der Waals surface area contributed by atoms with Crippen molar-refractivity contribution < 1.29 is 9.53 Å². The van der Waals surface area contributed by atoms with Crippen molar-refractivity contribution in [1.29, 1.82) is 0 Å². The number of carbonyl (C=O) groups is 1. The van der Waals surface area contributed by atoms with Crippen LogP contribution in [-0.2, 0) is 9.53 Å². The molecule has 1 saturated heterocycles. The molecule has 1 aliphatic heterocycles. The molecule has 0 spiro atoms. The van der Waals surface area contributed by atoms with Crippen molar-refractivity contribution in [1.82, 2.24) is 9.88 Å². The highest BCUT2D eigenvalue weighted by atomic mass is 16.5. The Labute approximate surface area is 148 Å². The zero-order valence-corrected chi connectivity index (χ0v) is 14.7. The summed E-state index contributed by atoms with van der Waals surface area (Å²) in [5.41, 5.74) is 2.31. The number of morpholine rings is 1. The Hall–Kier alpha value is -2.20. The van der Waals surface area contributed by atoms with E-state index < -0.39 is 0 Å². The monoisotopic (exact) mass is 336 g/mol. The molecule has 25 heavy (non-hydrogen) atoms. The van der Waals surface area contributed by atoms with Crippen molar-refractivity contribution >= 4 is 5.91 Å². The quantitative estimate of drug-likeness (QED) is 0.861. The Morgan fingerprint density at radius 1 is 1.12 bits per heavy atom. The lowest BCUT2D eigenvalue weighted by molar-refractivity contribution is -0.154. The van der Waals surface area contributed by atoms with Gasteiger partial charge in [-0.3, -0.25) is 9.78 Å². The van der Waals surface area contributed by atoms with Crippen LogP contribution in [0.2, 0.25) is 0 Å². The van der Waals surface area contributed by atoms with Gasteiger partial charge in [0, 0.05) is 18.3 Å². The third kappa shape index (κ3) is 3.07. The third-order valence-corrected chi connectivity index (χ3v) is 5.47. The molecule has 1 aliphatic carbocycles. The van der Waals surface area contributed by atoms with Gasteiger partial charge in [0.1, 0.15) is 6.10 Å². The first kappa shape index (κ1) is 16.3. The summed E-state index contributed by atoms with van der Waals surface area (Å²) in [6, 6.07) is 14.4. The first-order valence-corrected chi connectivity index (χ1v) is 9.05. The predicted octanol–water partition coefficient (Wildman–Crippen LogP) is 3.56. The summed E-state index contributed by atoms with van der Waals surface area (Å²) >= 11 is 0. The van der Waals surface area contributed by atoms with Gasteiger partial charge < -0.3 is 9.64 Å². The largest absolute Gasteiger partial charge is 0.369 e. The maximum absolute atomic E-state index is 13.2. The van der Waals surface area contributed by atoms with Crippen LogP contribution < -0.4 is 0 Å². The Bertz CT molecular complexity index is 734. The summed E-state index contributed by atoms with van der Waals surface area (Å²) in [5.74, 6) is 0.667. The number of pyridine rings is 1. The number of amides is 1. The first-order chi connectivity index (χ1) is 12.2. The second kappa shape index (κ2) is 6.60. The lowest BCUT2D eigenvalue weighted by Crippen LogP contribution is -2.54. The van der Waals surface area contributed by atoms with E-state index in [1.807, 2.05) is 30.5 Å². The molecule has 2 fully saturated rings. The van der Waals surface area contributed by atoms with Gasteiger partial charge in [0.25, 0.3) is 0 Å².